The standard InChI is InChI=1S/C9H13N5O4/c10-9-12-7-6(8(16)13-9)11-3-14(7)4-2-17-5(1-15)18-4/h4-5,11,15H,1-3H2,(H3,10,12,13,16). The summed E-state index contributed by atoms with van der Waals surface area (Å²) in [5.74, 6) is 0.480. The SMILES string of the molecule is Nc1nc2c(c(=O)[nH]1)NCN2C1COC(CO)O1. The van der Waals surface area contributed by atoms with Crippen LogP contribution in [0.5, 0.6) is 0 Å². The van der Waals surface area contributed by atoms with Gasteiger partial charge in [-0.3, -0.25) is 9.78 Å². The molecule has 1 aromatic heterocycles. The Labute approximate surface area is 102 Å². The Morgan fingerprint density at radius 2 is 2.44 bits per heavy atom. The number of anilines is 3. The van der Waals surface area contributed by atoms with Gasteiger partial charge in [0.25, 0.3) is 5.56 Å². The summed E-state index contributed by atoms with van der Waals surface area (Å²) in [6.45, 7) is 0.456. The fourth-order valence-corrected chi connectivity index (χ4v) is 2.03. The van der Waals surface area contributed by atoms with Crippen LogP contribution in [0.2, 0.25) is 0 Å². The number of aliphatic hydroxyl groups is 1. The Bertz CT molecular complexity index is 518. The van der Waals surface area contributed by atoms with Crippen molar-refractivity contribution in [1.82, 2.24) is 9.97 Å². The first-order valence-corrected chi connectivity index (χ1v) is 5.47. The van der Waals surface area contributed by atoms with Gasteiger partial charge in [-0.1, -0.05) is 0 Å². The molecule has 2 atom stereocenters. The van der Waals surface area contributed by atoms with Crippen LogP contribution in [0.25, 0.3) is 0 Å². The van der Waals surface area contributed by atoms with Crippen LogP contribution in [0.3, 0.4) is 0 Å². The van der Waals surface area contributed by atoms with E-state index in [0.29, 0.717) is 24.8 Å². The van der Waals surface area contributed by atoms with Gasteiger partial charge in [-0.15, -0.1) is 0 Å². The molecule has 0 radical (unpaired) electrons. The number of hydrogen-bond donors (Lipinski definition) is 4. The smallest absolute Gasteiger partial charge is 0.277 e. The first-order chi connectivity index (χ1) is 8.69. The summed E-state index contributed by atoms with van der Waals surface area (Å²) < 4.78 is 10.7. The van der Waals surface area contributed by atoms with Crippen molar-refractivity contribution in [2.45, 2.75) is 12.5 Å². The lowest BCUT2D eigenvalue weighted by atomic mass is 10.4. The zero-order valence-electron chi connectivity index (χ0n) is 9.42. The molecule has 0 spiro atoms. The van der Waals surface area contributed by atoms with E-state index in [4.69, 9.17) is 20.3 Å². The zero-order valence-corrected chi connectivity index (χ0v) is 9.42. The number of nitrogens with two attached hydrogens (primary N) is 1. The first-order valence-electron chi connectivity index (χ1n) is 5.47. The van der Waals surface area contributed by atoms with Gasteiger partial charge in [0.05, 0.1) is 19.9 Å². The number of nitrogens with zero attached hydrogens (tertiary/aromatic N) is 2. The topological polar surface area (TPSA) is 126 Å². The molecule has 0 bridgehead atoms. The van der Waals surface area contributed by atoms with E-state index in [9.17, 15) is 4.79 Å². The molecule has 3 heterocycles. The number of H-pyrrole nitrogens is 1. The number of ether oxygens (including phenoxy) is 2. The highest BCUT2D eigenvalue weighted by Crippen LogP contribution is 2.30. The molecule has 5 N–H and O–H groups in total. The van der Waals surface area contributed by atoms with E-state index >= 15 is 0 Å². The third-order valence-corrected chi connectivity index (χ3v) is 2.85. The number of hydrogen-bond acceptors (Lipinski definition) is 8. The molecule has 2 unspecified atom stereocenters. The predicted molar refractivity (Wildman–Crippen MR) is 61.9 cm³/mol. The van der Waals surface area contributed by atoms with E-state index in [1.807, 2.05) is 0 Å². The summed E-state index contributed by atoms with van der Waals surface area (Å²) in [5, 5.41) is 11.9. The van der Waals surface area contributed by atoms with Crippen LogP contribution in [0.1, 0.15) is 0 Å². The van der Waals surface area contributed by atoms with Gasteiger partial charge in [0.1, 0.15) is 5.69 Å². The van der Waals surface area contributed by atoms with Crippen molar-refractivity contribution < 1.29 is 14.6 Å². The normalized spacial score (nSPS) is 26.2. The second kappa shape index (κ2) is 4.12. The summed E-state index contributed by atoms with van der Waals surface area (Å²) in [5.41, 5.74) is 5.55. The van der Waals surface area contributed by atoms with Crippen LogP contribution in [-0.2, 0) is 9.47 Å². The van der Waals surface area contributed by atoms with Gasteiger partial charge in [-0.2, -0.15) is 4.98 Å². The molecule has 0 amide bonds. The number of aromatic amines is 1. The molecule has 0 saturated carbocycles. The van der Waals surface area contributed by atoms with Gasteiger partial charge in [0.2, 0.25) is 5.95 Å². The van der Waals surface area contributed by atoms with E-state index in [1.54, 1.807) is 4.90 Å². The molecule has 2 aliphatic rings. The van der Waals surface area contributed by atoms with Gasteiger partial charge >= 0.3 is 0 Å². The number of aromatic nitrogens is 2. The summed E-state index contributed by atoms with van der Waals surface area (Å²) in [6, 6.07) is 0. The van der Waals surface area contributed by atoms with E-state index in [1.165, 1.54) is 0 Å². The number of nitrogen functional groups attached to an aromatic ring is 1. The van der Waals surface area contributed by atoms with Crippen molar-refractivity contribution in [2.75, 3.05) is 35.8 Å². The van der Waals surface area contributed by atoms with Crippen LogP contribution in [0.15, 0.2) is 4.79 Å². The highest BCUT2D eigenvalue weighted by atomic mass is 16.7. The second-order valence-corrected chi connectivity index (χ2v) is 3.99. The van der Waals surface area contributed by atoms with Crippen LogP contribution in [-0.4, -0.2) is 47.5 Å². The minimum absolute atomic E-state index is 0.0464. The van der Waals surface area contributed by atoms with E-state index in [2.05, 4.69) is 15.3 Å². The molecule has 0 aliphatic carbocycles. The van der Waals surface area contributed by atoms with E-state index in [-0.39, 0.29) is 18.1 Å². The molecule has 3 rings (SSSR count). The second-order valence-electron chi connectivity index (χ2n) is 3.99. The number of rotatable bonds is 2. The van der Waals surface area contributed by atoms with Crippen molar-refractivity contribution in [3.63, 3.8) is 0 Å². The van der Waals surface area contributed by atoms with Crippen LogP contribution < -0.4 is 21.5 Å². The van der Waals surface area contributed by atoms with Crippen LogP contribution in [0, 0.1) is 0 Å². The van der Waals surface area contributed by atoms with Gasteiger partial charge in [-0.05, 0) is 0 Å². The van der Waals surface area contributed by atoms with Crippen molar-refractivity contribution in [3.8, 4) is 0 Å². The quantitative estimate of drug-likeness (QED) is 0.489. The predicted octanol–water partition coefficient (Wildman–Crippen LogP) is -1.77. The Balaban J connectivity index is 1.89. The molecule has 9 heteroatoms. The Kier molecular flexibility index (Phi) is 2.58. The third-order valence-electron chi connectivity index (χ3n) is 2.85. The maximum atomic E-state index is 11.6. The molecule has 1 aromatic rings. The van der Waals surface area contributed by atoms with Gasteiger partial charge in [0.15, 0.2) is 18.3 Å². The molecule has 0 aromatic carbocycles. The minimum Gasteiger partial charge on any atom is -0.391 e. The van der Waals surface area contributed by atoms with E-state index < -0.39 is 12.5 Å². The summed E-state index contributed by atoms with van der Waals surface area (Å²) >= 11 is 0. The lowest BCUT2D eigenvalue weighted by Gasteiger charge is -2.22. The third kappa shape index (κ3) is 1.68. The largest absolute Gasteiger partial charge is 0.391 e. The molecular weight excluding hydrogens is 242 g/mol. The summed E-state index contributed by atoms with van der Waals surface area (Å²) in [7, 11) is 0. The minimum atomic E-state index is -0.640. The van der Waals surface area contributed by atoms with E-state index in [0.717, 1.165) is 0 Å². The zero-order chi connectivity index (χ0) is 12.7. The Hall–Kier alpha value is -1.84. The van der Waals surface area contributed by atoms with Crippen molar-refractivity contribution in [1.29, 1.82) is 0 Å². The molecule has 98 valence electrons. The molecule has 1 fully saturated rings. The van der Waals surface area contributed by atoms with Crippen molar-refractivity contribution in [2.24, 2.45) is 0 Å². The molecule has 1 saturated heterocycles. The maximum Gasteiger partial charge on any atom is 0.277 e. The Morgan fingerprint density at radius 3 is 3.17 bits per heavy atom. The molecular formula is C9H13N5O4. The van der Waals surface area contributed by atoms with Gasteiger partial charge in [-0.25, -0.2) is 0 Å². The van der Waals surface area contributed by atoms with Gasteiger partial charge in [0, 0.05) is 0 Å². The average Bonchev–Trinajstić information content (AvgIpc) is 2.93. The number of aliphatic hydroxyl groups excluding tert-OH is 1. The Morgan fingerprint density at radius 1 is 1.61 bits per heavy atom. The fraction of sp³-hybridized carbons (Fsp3) is 0.556. The van der Waals surface area contributed by atoms with Crippen molar-refractivity contribution >= 4 is 17.5 Å². The summed E-state index contributed by atoms with van der Waals surface area (Å²) in [6.07, 6.45) is -1.04. The van der Waals surface area contributed by atoms with Gasteiger partial charge < -0.3 is 30.5 Å². The first kappa shape index (κ1) is 11.3. The average molecular weight is 255 g/mol. The number of nitrogens with one attached hydrogen (secondary N) is 2. The summed E-state index contributed by atoms with van der Waals surface area (Å²) in [4.78, 5) is 19.9. The maximum absolute atomic E-state index is 11.6. The lowest BCUT2D eigenvalue weighted by Crippen LogP contribution is -2.37. The monoisotopic (exact) mass is 255 g/mol. The van der Waals surface area contributed by atoms with Crippen LogP contribution >= 0.6 is 0 Å². The number of fused-ring (bicyclic) bond motifs is 1. The lowest BCUT2D eigenvalue weighted by molar-refractivity contribution is -0.0874. The fourth-order valence-electron chi connectivity index (χ4n) is 2.03. The molecule has 9 nitrogen and oxygen atoms in total. The molecule has 18 heavy (non-hydrogen) atoms. The van der Waals surface area contributed by atoms with Crippen LogP contribution in [0.4, 0.5) is 17.5 Å². The highest BCUT2D eigenvalue weighted by Gasteiger charge is 2.36. The molecule has 2 aliphatic heterocycles. The highest BCUT2D eigenvalue weighted by molar-refractivity contribution is 5.70. The van der Waals surface area contributed by atoms with Crippen molar-refractivity contribution in [3.05, 3.63) is 10.4 Å².